The van der Waals surface area contributed by atoms with Gasteiger partial charge in [0.05, 0.1) is 0 Å². The van der Waals surface area contributed by atoms with Crippen LogP contribution >= 0.6 is 0 Å². The zero-order valence-corrected chi connectivity index (χ0v) is 11.4. The van der Waals surface area contributed by atoms with E-state index in [0.717, 1.165) is 5.56 Å². The van der Waals surface area contributed by atoms with Gasteiger partial charge >= 0.3 is 0 Å². The first-order chi connectivity index (χ1) is 7.55. The Morgan fingerprint density at radius 2 is 1.35 bits per heavy atom. The zero-order chi connectivity index (χ0) is 13.2. The number of benzene rings is 1. The van der Waals surface area contributed by atoms with Crippen molar-refractivity contribution in [1.82, 2.24) is 0 Å². The SMILES string of the molecule is CC1(C)c2ccc(F)c(F)c2C(C)(C)C1(C)C. The minimum atomic E-state index is -0.745. The van der Waals surface area contributed by atoms with Gasteiger partial charge in [-0.3, -0.25) is 0 Å². The maximum absolute atomic E-state index is 14.1. The molecule has 0 aromatic heterocycles. The summed E-state index contributed by atoms with van der Waals surface area (Å²) in [6, 6.07) is 2.98. The normalized spacial score (nSPS) is 23.5. The summed E-state index contributed by atoms with van der Waals surface area (Å²) in [7, 11) is 0. The van der Waals surface area contributed by atoms with Gasteiger partial charge in [0.1, 0.15) is 0 Å². The Kier molecular flexibility index (Phi) is 2.28. The van der Waals surface area contributed by atoms with Gasteiger partial charge in [-0.2, -0.15) is 0 Å². The Bertz CT molecular complexity index is 482. The van der Waals surface area contributed by atoms with Crippen LogP contribution in [0.15, 0.2) is 12.1 Å². The molecule has 0 atom stereocenters. The lowest BCUT2D eigenvalue weighted by atomic mass is 9.59. The Morgan fingerprint density at radius 3 is 1.88 bits per heavy atom. The molecule has 0 aliphatic heterocycles. The smallest absolute Gasteiger partial charge is 0.162 e. The van der Waals surface area contributed by atoms with Crippen LogP contribution in [0, 0.1) is 17.0 Å². The van der Waals surface area contributed by atoms with Gasteiger partial charge in [0.25, 0.3) is 0 Å². The van der Waals surface area contributed by atoms with E-state index < -0.39 is 11.6 Å². The molecule has 0 spiro atoms. The van der Waals surface area contributed by atoms with Crippen molar-refractivity contribution < 1.29 is 8.78 Å². The van der Waals surface area contributed by atoms with E-state index in [1.165, 1.54) is 6.07 Å². The largest absolute Gasteiger partial charge is 0.204 e. The molecule has 0 radical (unpaired) electrons. The van der Waals surface area contributed by atoms with Gasteiger partial charge in [0.15, 0.2) is 11.6 Å². The molecule has 17 heavy (non-hydrogen) atoms. The van der Waals surface area contributed by atoms with Gasteiger partial charge in [0.2, 0.25) is 0 Å². The molecular weight excluding hydrogens is 218 g/mol. The number of rotatable bonds is 0. The Morgan fingerprint density at radius 1 is 0.824 bits per heavy atom. The fourth-order valence-corrected chi connectivity index (χ4v) is 3.11. The van der Waals surface area contributed by atoms with E-state index >= 15 is 0 Å². The maximum atomic E-state index is 14.1. The molecule has 0 saturated heterocycles. The Balaban J connectivity index is 2.88. The summed E-state index contributed by atoms with van der Waals surface area (Å²) in [6.07, 6.45) is 0. The van der Waals surface area contributed by atoms with E-state index in [1.54, 1.807) is 6.07 Å². The first-order valence-electron chi connectivity index (χ1n) is 6.04. The molecule has 0 N–H and O–H groups in total. The van der Waals surface area contributed by atoms with Crippen molar-refractivity contribution in [3.8, 4) is 0 Å². The highest BCUT2D eigenvalue weighted by Crippen LogP contribution is 2.61. The van der Waals surface area contributed by atoms with Gasteiger partial charge in [-0.25, -0.2) is 8.78 Å². The molecule has 1 aliphatic rings. The average molecular weight is 238 g/mol. The van der Waals surface area contributed by atoms with E-state index in [9.17, 15) is 8.78 Å². The quantitative estimate of drug-likeness (QED) is 0.621. The average Bonchev–Trinajstić information content (AvgIpc) is 2.29. The lowest BCUT2D eigenvalue weighted by Gasteiger charge is -2.44. The molecule has 0 saturated carbocycles. The highest BCUT2D eigenvalue weighted by Gasteiger charge is 2.58. The monoisotopic (exact) mass is 238 g/mol. The Labute approximate surface area is 102 Å². The minimum absolute atomic E-state index is 0.128. The molecule has 1 aliphatic carbocycles. The number of hydrogen-bond acceptors (Lipinski definition) is 0. The molecule has 0 heterocycles. The van der Waals surface area contributed by atoms with E-state index in [1.807, 2.05) is 13.8 Å². The summed E-state index contributed by atoms with van der Waals surface area (Å²) in [5.41, 5.74) is 0.814. The molecule has 2 heteroatoms. The van der Waals surface area contributed by atoms with Crippen molar-refractivity contribution in [2.24, 2.45) is 5.41 Å². The summed E-state index contributed by atoms with van der Waals surface area (Å²) in [4.78, 5) is 0. The number of hydrogen-bond donors (Lipinski definition) is 0. The van der Waals surface area contributed by atoms with Gasteiger partial charge in [-0.15, -0.1) is 0 Å². The summed E-state index contributed by atoms with van der Waals surface area (Å²) in [5, 5.41) is 0. The second-order valence-corrected chi connectivity index (χ2v) is 6.66. The lowest BCUT2D eigenvalue weighted by Crippen LogP contribution is -2.42. The molecule has 1 aromatic rings. The minimum Gasteiger partial charge on any atom is -0.204 e. The van der Waals surface area contributed by atoms with Crippen molar-refractivity contribution in [2.75, 3.05) is 0 Å². The van der Waals surface area contributed by atoms with Crippen molar-refractivity contribution in [2.45, 2.75) is 52.4 Å². The summed E-state index contributed by atoms with van der Waals surface area (Å²) in [5.74, 6) is -1.42. The standard InChI is InChI=1S/C15H20F2/c1-13(2)9-7-8-10(16)12(17)11(9)14(3,4)15(13,5)6/h7-8H,1-6H3. The molecule has 94 valence electrons. The molecule has 0 bridgehead atoms. The molecule has 0 unspecified atom stereocenters. The first-order valence-corrected chi connectivity index (χ1v) is 6.04. The fraction of sp³-hybridized carbons (Fsp3) is 0.600. The first kappa shape index (κ1) is 12.5. The zero-order valence-electron chi connectivity index (χ0n) is 11.4. The summed E-state index contributed by atoms with van der Waals surface area (Å²) >= 11 is 0. The highest BCUT2D eigenvalue weighted by atomic mass is 19.2. The van der Waals surface area contributed by atoms with Crippen LogP contribution < -0.4 is 0 Å². The topological polar surface area (TPSA) is 0 Å². The maximum Gasteiger partial charge on any atom is 0.162 e. The van der Waals surface area contributed by atoms with Crippen LogP contribution in [0.3, 0.4) is 0 Å². The third-order valence-corrected chi connectivity index (χ3v) is 5.52. The van der Waals surface area contributed by atoms with E-state index in [4.69, 9.17) is 0 Å². The van der Waals surface area contributed by atoms with E-state index in [2.05, 4.69) is 27.7 Å². The third kappa shape index (κ3) is 1.22. The van der Waals surface area contributed by atoms with Crippen LogP contribution in [0.1, 0.15) is 52.7 Å². The van der Waals surface area contributed by atoms with Crippen LogP contribution in [0.25, 0.3) is 0 Å². The highest BCUT2D eigenvalue weighted by molar-refractivity contribution is 5.49. The molecule has 0 amide bonds. The van der Waals surface area contributed by atoms with Gasteiger partial charge in [-0.05, 0) is 27.9 Å². The second kappa shape index (κ2) is 3.09. The van der Waals surface area contributed by atoms with E-state index in [-0.39, 0.29) is 16.2 Å². The van der Waals surface area contributed by atoms with Crippen LogP contribution in [0.4, 0.5) is 8.78 Å². The molecule has 0 fully saturated rings. The van der Waals surface area contributed by atoms with Crippen LogP contribution in [-0.2, 0) is 10.8 Å². The molecular formula is C15H20F2. The second-order valence-electron chi connectivity index (χ2n) is 6.66. The van der Waals surface area contributed by atoms with Gasteiger partial charge < -0.3 is 0 Å². The van der Waals surface area contributed by atoms with Crippen molar-refractivity contribution in [3.63, 3.8) is 0 Å². The third-order valence-electron chi connectivity index (χ3n) is 5.52. The van der Waals surface area contributed by atoms with Gasteiger partial charge in [-0.1, -0.05) is 47.6 Å². The lowest BCUT2D eigenvalue weighted by molar-refractivity contribution is 0.123. The predicted molar refractivity (Wildman–Crippen MR) is 66.2 cm³/mol. The van der Waals surface area contributed by atoms with Crippen LogP contribution in [0.2, 0.25) is 0 Å². The molecule has 0 nitrogen and oxygen atoms in total. The van der Waals surface area contributed by atoms with Crippen LogP contribution in [-0.4, -0.2) is 0 Å². The molecule has 2 rings (SSSR count). The summed E-state index contributed by atoms with van der Waals surface area (Å²) in [6.45, 7) is 12.5. The van der Waals surface area contributed by atoms with Crippen LogP contribution in [0.5, 0.6) is 0 Å². The van der Waals surface area contributed by atoms with Crippen molar-refractivity contribution in [1.29, 1.82) is 0 Å². The Hall–Kier alpha value is -0.920. The van der Waals surface area contributed by atoms with Gasteiger partial charge in [0, 0.05) is 5.56 Å². The predicted octanol–water partition coefficient (Wildman–Crippen LogP) is 4.56. The molecule has 1 aromatic carbocycles. The summed E-state index contributed by atoms with van der Waals surface area (Å²) < 4.78 is 27.6. The number of halogens is 2. The van der Waals surface area contributed by atoms with E-state index in [0.29, 0.717) is 5.56 Å². The van der Waals surface area contributed by atoms with Crippen molar-refractivity contribution in [3.05, 3.63) is 34.9 Å². The fourth-order valence-electron chi connectivity index (χ4n) is 3.11. The number of fused-ring (bicyclic) bond motifs is 1. The van der Waals surface area contributed by atoms with Crippen molar-refractivity contribution >= 4 is 0 Å².